The molecular formula is C21H33BrN2O3Si. The third-order valence-corrected chi connectivity index (χ3v) is 10.7. The van der Waals surface area contributed by atoms with Crippen LogP contribution in [0, 0.1) is 0 Å². The number of ether oxygens (including phenoxy) is 1. The quantitative estimate of drug-likeness (QED) is 0.529. The molecule has 1 aromatic rings. The lowest BCUT2D eigenvalue weighted by Gasteiger charge is -2.36. The van der Waals surface area contributed by atoms with E-state index in [4.69, 9.17) is 9.16 Å². The van der Waals surface area contributed by atoms with E-state index in [9.17, 15) is 4.79 Å². The number of amides is 1. The molecule has 0 N–H and O–H groups in total. The van der Waals surface area contributed by atoms with Crippen LogP contribution in [-0.4, -0.2) is 45.6 Å². The van der Waals surface area contributed by atoms with Crippen molar-refractivity contribution in [2.75, 3.05) is 31.3 Å². The summed E-state index contributed by atoms with van der Waals surface area (Å²) in [4.78, 5) is 19.6. The molecule has 2 heterocycles. The molecule has 0 unspecified atom stereocenters. The van der Waals surface area contributed by atoms with Gasteiger partial charge in [0.05, 0.1) is 19.8 Å². The first-order chi connectivity index (χ1) is 13.0. The van der Waals surface area contributed by atoms with E-state index in [-0.39, 0.29) is 10.9 Å². The highest BCUT2D eigenvalue weighted by molar-refractivity contribution is 9.10. The molecule has 0 atom stereocenters. The van der Waals surface area contributed by atoms with Gasteiger partial charge in [-0.3, -0.25) is 9.69 Å². The summed E-state index contributed by atoms with van der Waals surface area (Å²) in [6.07, 6.45) is 3.16. The van der Waals surface area contributed by atoms with E-state index in [0.717, 1.165) is 22.0 Å². The van der Waals surface area contributed by atoms with Gasteiger partial charge in [0.15, 0.2) is 8.32 Å². The normalized spacial score (nSPS) is 16.1. The number of anilines is 1. The zero-order valence-corrected chi connectivity index (χ0v) is 20.6. The summed E-state index contributed by atoms with van der Waals surface area (Å²) in [6.45, 7) is 15.4. The van der Waals surface area contributed by atoms with E-state index >= 15 is 0 Å². The van der Waals surface area contributed by atoms with Crippen molar-refractivity contribution in [1.29, 1.82) is 0 Å². The summed E-state index contributed by atoms with van der Waals surface area (Å²) in [5.41, 5.74) is 1.95. The van der Waals surface area contributed by atoms with Gasteiger partial charge in [0.1, 0.15) is 5.82 Å². The molecule has 28 heavy (non-hydrogen) atoms. The number of carbonyl (C=O) groups excluding carboxylic acids is 1. The minimum absolute atomic E-state index is 0.0108. The first-order valence-electron chi connectivity index (χ1n) is 9.86. The first-order valence-corrected chi connectivity index (χ1v) is 13.6. The molecule has 0 spiro atoms. The Morgan fingerprint density at radius 3 is 2.57 bits per heavy atom. The third kappa shape index (κ3) is 5.99. The molecule has 0 bridgehead atoms. The number of carbonyl (C=O) groups is 1. The Morgan fingerprint density at radius 1 is 1.29 bits per heavy atom. The predicted molar refractivity (Wildman–Crippen MR) is 120 cm³/mol. The van der Waals surface area contributed by atoms with Gasteiger partial charge in [-0.15, -0.1) is 0 Å². The molecule has 5 nitrogen and oxygen atoms in total. The number of aromatic nitrogens is 1. The van der Waals surface area contributed by atoms with Crippen molar-refractivity contribution in [2.45, 2.75) is 58.7 Å². The van der Waals surface area contributed by atoms with Gasteiger partial charge in [-0.2, -0.15) is 0 Å². The molecule has 7 heteroatoms. The lowest BCUT2D eigenvalue weighted by molar-refractivity contribution is -0.115. The number of rotatable bonds is 6. The minimum Gasteiger partial charge on any atom is -0.415 e. The fourth-order valence-corrected chi connectivity index (χ4v) is 4.04. The summed E-state index contributed by atoms with van der Waals surface area (Å²) in [7, 11) is -1.88. The van der Waals surface area contributed by atoms with Crippen LogP contribution in [0.15, 0.2) is 33.9 Å². The van der Waals surface area contributed by atoms with Gasteiger partial charge < -0.3 is 9.16 Å². The van der Waals surface area contributed by atoms with Gasteiger partial charge in [-0.05, 0) is 59.5 Å². The van der Waals surface area contributed by atoms with Crippen LogP contribution in [-0.2, 0) is 14.0 Å². The maximum atomic E-state index is 13.4. The summed E-state index contributed by atoms with van der Waals surface area (Å²) in [5.74, 6) is 0.661. The molecule has 0 radical (unpaired) electrons. The molecule has 1 aromatic heterocycles. The Bertz CT molecular complexity index is 711. The zero-order chi connectivity index (χ0) is 20.9. The molecule has 1 amide bonds. The standard InChI is InChI=1S/C21H33BrN2O3Si/c1-16-9-12-26-13-10-18(16)20(25)24(19-8-7-17(22)15-23-19)11-14-27-28(5,6)21(2,3)4/h7-8,15H,9-14H2,1-6H3. The molecule has 0 aliphatic carbocycles. The second-order valence-corrected chi connectivity index (χ2v) is 14.5. The van der Waals surface area contributed by atoms with Crippen molar-refractivity contribution in [3.63, 3.8) is 0 Å². The predicted octanol–water partition coefficient (Wildman–Crippen LogP) is 5.33. The molecular weight excluding hydrogens is 436 g/mol. The highest BCUT2D eigenvalue weighted by atomic mass is 79.9. The van der Waals surface area contributed by atoms with Crippen LogP contribution in [0.1, 0.15) is 40.5 Å². The first kappa shape index (κ1) is 23.3. The maximum Gasteiger partial charge on any atom is 0.255 e. The third-order valence-electron chi connectivity index (χ3n) is 5.71. The average Bonchev–Trinajstić information content (AvgIpc) is 2.82. The Morgan fingerprint density at radius 2 is 1.96 bits per heavy atom. The number of hydrogen-bond acceptors (Lipinski definition) is 4. The lowest BCUT2D eigenvalue weighted by Crippen LogP contribution is -2.44. The molecule has 0 aromatic carbocycles. The molecule has 0 saturated heterocycles. The zero-order valence-electron chi connectivity index (χ0n) is 18.0. The summed E-state index contributed by atoms with van der Waals surface area (Å²) in [5, 5.41) is 0.134. The van der Waals surface area contributed by atoms with Crippen LogP contribution in [0.5, 0.6) is 0 Å². The topological polar surface area (TPSA) is 51.7 Å². The number of hydrogen-bond donors (Lipinski definition) is 0. The molecule has 0 fully saturated rings. The second-order valence-electron chi connectivity index (χ2n) is 8.77. The van der Waals surface area contributed by atoms with Gasteiger partial charge in [0.2, 0.25) is 0 Å². The number of nitrogens with zero attached hydrogens (tertiary/aromatic N) is 2. The molecule has 1 aliphatic heterocycles. The molecule has 2 rings (SSSR count). The van der Waals surface area contributed by atoms with E-state index in [0.29, 0.717) is 38.6 Å². The van der Waals surface area contributed by atoms with Crippen molar-refractivity contribution in [1.82, 2.24) is 4.98 Å². The maximum absolute atomic E-state index is 13.4. The van der Waals surface area contributed by atoms with E-state index < -0.39 is 8.32 Å². The number of pyridine rings is 1. The van der Waals surface area contributed by atoms with Crippen molar-refractivity contribution >= 4 is 36.0 Å². The molecule has 1 aliphatic rings. The van der Waals surface area contributed by atoms with Crippen LogP contribution in [0.25, 0.3) is 0 Å². The Hall–Kier alpha value is -1.02. The fraction of sp³-hybridized carbons (Fsp3) is 0.619. The highest BCUT2D eigenvalue weighted by Crippen LogP contribution is 2.36. The second kappa shape index (κ2) is 9.65. The smallest absolute Gasteiger partial charge is 0.255 e. The van der Waals surface area contributed by atoms with Gasteiger partial charge >= 0.3 is 0 Å². The van der Waals surface area contributed by atoms with Gasteiger partial charge in [-0.1, -0.05) is 26.3 Å². The van der Waals surface area contributed by atoms with Crippen molar-refractivity contribution in [2.24, 2.45) is 0 Å². The summed E-state index contributed by atoms with van der Waals surface area (Å²) < 4.78 is 12.8. The minimum atomic E-state index is -1.88. The van der Waals surface area contributed by atoms with Gasteiger partial charge in [-0.25, -0.2) is 4.98 Å². The van der Waals surface area contributed by atoms with Crippen molar-refractivity contribution < 1.29 is 14.0 Å². The SMILES string of the molecule is CC1=C(C(=O)N(CCO[Si](C)(C)C(C)(C)C)c2ccc(Br)cn2)CCOCC1. The summed E-state index contributed by atoms with van der Waals surface area (Å²) >= 11 is 3.42. The van der Waals surface area contributed by atoms with Gasteiger partial charge in [0, 0.05) is 29.2 Å². The van der Waals surface area contributed by atoms with Gasteiger partial charge in [0.25, 0.3) is 5.91 Å². The van der Waals surface area contributed by atoms with E-state index in [2.05, 4.69) is 54.8 Å². The molecule has 0 saturated carbocycles. The number of halogens is 1. The van der Waals surface area contributed by atoms with E-state index in [1.54, 1.807) is 11.1 Å². The Labute approximate surface area is 178 Å². The summed E-state index contributed by atoms with van der Waals surface area (Å²) in [6, 6.07) is 3.78. The van der Waals surface area contributed by atoms with Crippen LogP contribution in [0.2, 0.25) is 18.1 Å². The van der Waals surface area contributed by atoms with Crippen LogP contribution in [0.3, 0.4) is 0 Å². The average molecular weight is 469 g/mol. The lowest BCUT2D eigenvalue weighted by atomic mass is 10.0. The fourth-order valence-electron chi connectivity index (χ4n) is 2.77. The van der Waals surface area contributed by atoms with Crippen LogP contribution in [0.4, 0.5) is 5.82 Å². The van der Waals surface area contributed by atoms with Crippen molar-refractivity contribution in [3.05, 3.63) is 33.9 Å². The Kier molecular flexibility index (Phi) is 8.02. The van der Waals surface area contributed by atoms with Crippen LogP contribution < -0.4 is 4.90 Å². The molecule has 156 valence electrons. The Balaban J connectivity index is 2.22. The van der Waals surface area contributed by atoms with Crippen LogP contribution >= 0.6 is 15.9 Å². The van der Waals surface area contributed by atoms with E-state index in [1.807, 2.05) is 19.1 Å². The van der Waals surface area contributed by atoms with Crippen molar-refractivity contribution in [3.8, 4) is 0 Å². The monoisotopic (exact) mass is 468 g/mol. The van der Waals surface area contributed by atoms with E-state index in [1.165, 1.54) is 0 Å². The highest BCUT2D eigenvalue weighted by Gasteiger charge is 2.37. The largest absolute Gasteiger partial charge is 0.415 e.